The zero-order valence-corrected chi connectivity index (χ0v) is 36.3. The lowest BCUT2D eigenvalue weighted by molar-refractivity contribution is -0.870. The highest BCUT2D eigenvalue weighted by Crippen LogP contribution is 2.43. The van der Waals surface area contributed by atoms with Crippen LogP contribution in [0.5, 0.6) is 0 Å². The van der Waals surface area contributed by atoms with E-state index >= 15 is 0 Å². The largest absolute Gasteiger partial charge is 0.472 e. The molecule has 316 valence electrons. The van der Waals surface area contributed by atoms with Crippen LogP contribution in [0.2, 0.25) is 0 Å². The van der Waals surface area contributed by atoms with Gasteiger partial charge in [-0.2, -0.15) is 0 Å². The molecule has 0 aromatic heterocycles. The lowest BCUT2D eigenvalue weighted by Gasteiger charge is -2.24. The van der Waals surface area contributed by atoms with Crippen LogP contribution in [-0.4, -0.2) is 74.9 Å². The van der Waals surface area contributed by atoms with Gasteiger partial charge in [-0.3, -0.25) is 18.6 Å². The fraction of sp³-hybridized carbons (Fsp3) is 0.818. The molecule has 0 heterocycles. The summed E-state index contributed by atoms with van der Waals surface area (Å²) in [7, 11) is 1.45. The van der Waals surface area contributed by atoms with Gasteiger partial charge < -0.3 is 18.9 Å². The summed E-state index contributed by atoms with van der Waals surface area (Å²) in [5.41, 5.74) is 0. The Morgan fingerprint density at radius 2 is 1.02 bits per heavy atom. The number of carbonyl (C=O) groups excluding carboxylic acids is 2. The molecule has 0 radical (unpaired) electrons. The SMILES string of the molecule is CCCC/C=C/CCCCCCCCCCCC(=O)OC[C@H](COP(=O)(O)OCC[N+](C)(C)C)OC(=O)CCCC/C=C/C/C=C/CCCCCCCC. The van der Waals surface area contributed by atoms with Crippen molar-refractivity contribution in [3.63, 3.8) is 0 Å². The van der Waals surface area contributed by atoms with E-state index in [4.69, 9.17) is 18.5 Å². The maximum Gasteiger partial charge on any atom is 0.472 e. The van der Waals surface area contributed by atoms with E-state index in [0.29, 0.717) is 17.4 Å². The average molecular weight is 785 g/mol. The summed E-state index contributed by atoms with van der Waals surface area (Å²) in [4.78, 5) is 35.3. The average Bonchev–Trinajstić information content (AvgIpc) is 3.12. The van der Waals surface area contributed by atoms with E-state index in [-0.39, 0.29) is 32.0 Å². The fourth-order valence-corrected chi connectivity index (χ4v) is 6.41. The van der Waals surface area contributed by atoms with E-state index in [1.54, 1.807) is 0 Å². The van der Waals surface area contributed by atoms with Crippen molar-refractivity contribution in [3.8, 4) is 0 Å². The predicted octanol–water partition coefficient (Wildman–Crippen LogP) is 12.1. The normalized spacial score (nSPS) is 14.0. The molecule has 9 nitrogen and oxygen atoms in total. The molecular formula is C44H83NO8P+. The Labute approximate surface area is 331 Å². The molecule has 0 aliphatic rings. The fourth-order valence-electron chi connectivity index (χ4n) is 5.67. The number of unbranched alkanes of at least 4 members (excludes halogenated alkanes) is 19. The van der Waals surface area contributed by atoms with Gasteiger partial charge in [-0.25, -0.2) is 4.57 Å². The third-order valence-electron chi connectivity index (χ3n) is 9.14. The first kappa shape index (κ1) is 52.2. The summed E-state index contributed by atoms with van der Waals surface area (Å²) in [5.74, 6) is -0.838. The van der Waals surface area contributed by atoms with Crippen molar-refractivity contribution in [2.75, 3.05) is 47.5 Å². The van der Waals surface area contributed by atoms with Crippen molar-refractivity contribution in [1.82, 2.24) is 0 Å². The second-order valence-electron chi connectivity index (χ2n) is 15.7. The number of phosphoric ester groups is 1. The van der Waals surface area contributed by atoms with E-state index in [1.165, 1.54) is 103 Å². The van der Waals surface area contributed by atoms with Gasteiger partial charge in [0.2, 0.25) is 0 Å². The molecule has 0 amide bonds. The Balaban J connectivity index is 4.42. The Hall–Kier alpha value is -1.77. The minimum absolute atomic E-state index is 0.0255. The number of phosphoric acid groups is 1. The molecule has 0 aromatic carbocycles. The summed E-state index contributed by atoms with van der Waals surface area (Å²) in [6.07, 6.45) is 40.5. The predicted molar refractivity (Wildman–Crippen MR) is 224 cm³/mol. The van der Waals surface area contributed by atoms with Gasteiger partial charge in [0.05, 0.1) is 27.7 Å². The first-order valence-electron chi connectivity index (χ1n) is 21.7. The standard InChI is InChI=1S/C44H82NO8P/c1-6-8-10-12-14-16-18-20-22-24-26-28-30-32-34-36-43(46)50-40-42(41-52-54(48,49)51-39-38-45(3,4)5)53-44(47)37-35-33-31-29-27-25-23-21-19-17-15-13-11-9-7-2/h12,14,21,23,27,29,42H,6-11,13,15-20,22,24-26,28,30-41H2,1-5H3/p+1/b14-12+,23-21+,29-27+/t42-/m1/s1. The smallest absolute Gasteiger partial charge is 0.462 e. The molecule has 1 N–H and O–H groups in total. The number of ether oxygens (including phenoxy) is 2. The van der Waals surface area contributed by atoms with E-state index < -0.39 is 26.5 Å². The van der Waals surface area contributed by atoms with Crippen LogP contribution < -0.4 is 0 Å². The number of hydrogen-bond donors (Lipinski definition) is 1. The highest BCUT2D eigenvalue weighted by atomic mass is 31.2. The molecule has 0 aliphatic heterocycles. The van der Waals surface area contributed by atoms with Crippen LogP contribution in [0, 0.1) is 0 Å². The van der Waals surface area contributed by atoms with Crippen LogP contribution in [0.3, 0.4) is 0 Å². The second-order valence-corrected chi connectivity index (χ2v) is 17.2. The van der Waals surface area contributed by atoms with Gasteiger partial charge in [-0.1, -0.05) is 140 Å². The van der Waals surface area contributed by atoms with Crippen molar-refractivity contribution in [2.24, 2.45) is 0 Å². The number of quaternary nitrogens is 1. The summed E-state index contributed by atoms with van der Waals surface area (Å²) in [5, 5.41) is 0. The highest BCUT2D eigenvalue weighted by Gasteiger charge is 2.27. The Bertz CT molecular complexity index is 1020. The number of rotatable bonds is 39. The van der Waals surface area contributed by atoms with Gasteiger partial charge in [0.25, 0.3) is 0 Å². The van der Waals surface area contributed by atoms with Gasteiger partial charge in [0.1, 0.15) is 19.8 Å². The van der Waals surface area contributed by atoms with E-state index in [2.05, 4.69) is 50.3 Å². The molecule has 0 saturated carbocycles. The lowest BCUT2D eigenvalue weighted by atomic mass is 10.1. The quantitative estimate of drug-likeness (QED) is 0.0216. The second kappa shape index (κ2) is 36.8. The molecule has 2 atom stereocenters. The van der Waals surface area contributed by atoms with Gasteiger partial charge in [-0.05, 0) is 64.2 Å². The molecule has 0 fully saturated rings. The van der Waals surface area contributed by atoms with Crippen molar-refractivity contribution in [3.05, 3.63) is 36.5 Å². The molecule has 10 heteroatoms. The van der Waals surface area contributed by atoms with Gasteiger partial charge in [0.15, 0.2) is 6.10 Å². The van der Waals surface area contributed by atoms with Crippen molar-refractivity contribution >= 4 is 19.8 Å². The zero-order chi connectivity index (χ0) is 40.0. The Morgan fingerprint density at radius 3 is 1.57 bits per heavy atom. The topological polar surface area (TPSA) is 108 Å². The molecule has 0 rings (SSSR count). The number of nitrogens with zero attached hydrogens (tertiary/aromatic N) is 1. The van der Waals surface area contributed by atoms with Gasteiger partial charge in [-0.15, -0.1) is 0 Å². The minimum Gasteiger partial charge on any atom is -0.462 e. The van der Waals surface area contributed by atoms with E-state index in [9.17, 15) is 19.0 Å². The van der Waals surface area contributed by atoms with Gasteiger partial charge >= 0.3 is 19.8 Å². The van der Waals surface area contributed by atoms with Crippen LogP contribution in [-0.2, 0) is 32.7 Å². The molecule has 0 aromatic rings. The van der Waals surface area contributed by atoms with E-state index in [1.807, 2.05) is 21.1 Å². The summed E-state index contributed by atoms with van der Waals surface area (Å²) in [6.45, 7) is 4.34. The van der Waals surface area contributed by atoms with E-state index in [0.717, 1.165) is 44.9 Å². The minimum atomic E-state index is -4.38. The maximum atomic E-state index is 12.7. The number of carbonyl (C=O) groups is 2. The Kier molecular flexibility index (Phi) is 35.6. The molecule has 0 saturated heterocycles. The highest BCUT2D eigenvalue weighted by molar-refractivity contribution is 7.47. The summed E-state index contributed by atoms with van der Waals surface area (Å²) in [6, 6.07) is 0. The molecule has 0 bridgehead atoms. The molecule has 0 aliphatic carbocycles. The number of esters is 2. The third-order valence-corrected chi connectivity index (χ3v) is 10.1. The molecule has 54 heavy (non-hydrogen) atoms. The van der Waals surface area contributed by atoms with Crippen LogP contribution in [0.25, 0.3) is 0 Å². The van der Waals surface area contributed by atoms with Crippen LogP contribution >= 0.6 is 7.82 Å². The first-order chi connectivity index (χ1) is 26.0. The molecular weight excluding hydrogens is 701 g/mol. The van der Waals surface area contributed by atoms with Crippen molar-refractivity contribution in [1.29, 1.82) is 0 Å². The number of likely N-dealkylation sites (N-methyl/N-ethyl adjacent to an activating group) is 1. The summed E-state index contributed by atoms with van der Waals surface area (Å²) >= 11 is 0. The Morgan fingerprint density at radius 1 is 0.574 bits per heavy atom. The monoisotopic (exact) mass is 785 g/mol. The number of hydrogen-bond acceptors (Lipinski definition) is 7. The van der Waals surface area contributed by atoms with Crippen LogP contribution in [0.15, 0.2) is 36.5 Å². The lowest BCUT2D eigenvalue weighted by Crippen LogP contribution is -2.37. The maximum absolute atomic E-state index is 12.7. The van der Waals surface area contributed by atoms with Crippen LogP contribution in [0.1, 0.15) is 181 Å². The van der Waals surface area contributed by atoms with Crippen molar-refractivity contribution in [2.45, 2.75) is 187 Å². The first-order valence-corrected chi connectivity index (χ1v) is 23.2. The third kappa shape index (κ3) is 39.9. The summed E-state index contributed by atoms with van der Waals surface area (Å²) < 4.78 is 34.2. The van der Waals surface area contributed by atoms with Gasteiger partial charge in [0, 0.05) is 12.8 Å². The molecule has 1 unspecified atom stereocenters. The molecule has 0 spiro atoms. The van der Waals surface area contributed by atoms with Crippen molar-refractivity contribution < 1.29 is 42.1 Å². The number of allylic oxidation sites excluding steroid dienone is 6. The van der Waals surface area contributed by atoms with Crippen LogP contribution in [0.4, 0.5) is 0 Å². The zero-order valence-electron chi connectivity index (χ0n) is 35.5.